The van der Waals surface area contributed by atoms with Crippen molar-refractivity contribution in [2.75, 3.05) is 44.4 Å². The molecule has 1 saturated carbocycles. The van der Waals surface area contributed by atoms with Gasteiger partial charge in [0.05, 0.1) is 37.9 Å². The Morgan fingerprint density at radius 1 is 1.31 bits per heavy atom. The van der Waals surface area contributed by atoms with Gasteiger partial charge in [-0.25, -0.2) is 0 Å². The number of carbonyl (C=O) groups excluding carboxylic acids is 2. The largest absolute Gasteiger partial charge is 0.376 e. The molecule has 3 fully saturated rings. The molecule has 1 aliphatic carbocycles. The lowest BCUT2D eigenvalue weighted by Crippen LogP contribution is -2.61. The normalized spacial score (nSPS) is 26.5. The fourth-order valence-corrected chi connectivity index (χ4v) is 3.56. The number of hydrogen-bond donors (Lipinski definition) is 0. The van der Waals surface area contributed by atoms with Crippen molar-refractivity contribution < 1.29 is 19.1 Å². The van der Waals surface area contributed by atoms with Crippen LogP contribution in [0.3, 0.4) is 0 Å². The first-order chi connectivity index (χ1) is 12.6. The number of hydrogen-bond acceptors (Lipinski definition) is 5. The van der Waals surface area contributed by atoms with Crippen LogP contribution >= 0.6 is 0 Å². The second-order valence-electron chi connectivity index (χ2n) is 7.20. The van der Waals surface area contributed by atoms with Crippen LogP contribution in [0.5, 0.6) is 0 Å². The van der Waals surface area contributed by atoms with E-state index in [4.69, 9.17) is 14.7 Å². The van der Waals surface area contributed by atoms with E-state index in [1.807, 2.05) is 11.0 Å². The first-order valence-corrected chi connectivity index (χ1v) is 8.91. The summed E-state index contributed by atoms with van der Waals surface area (Å²) in [5.74, 6) is 0.141. The summed E-state index contributed by atoms with van der Waals surface area (Å²) in [5.41, 5.74) is 0.428. The lowest BCUT2D eigenvalue weighted by Gasteiger charge is -2.43. The Labute approximate surface area is 152 Å². The van der Waals surface area contributed by atoms with Gasteiger partial charge in [-0.15, -0.1) is 0 Å². The lowest BCUT2D eigenvalue weighted by atomic mass is 10.0. The molecule has 7 nitrogen and oxygen atoms in total. The molecule has 0 bridgehead atoms. The lowest BCUT2D eigenvalue weighted by molar-refractivity contribution is -0.150. The van der Waals surface area contributed by atoms with Gasteiger partial charge >= 0.3 is 0 Å². The van der Waals surface area contributed by atoms with Gasteiger partial charge in [-0.3, -0.25) is 9.59 Å². The van der Waals surface area contributed by atoms with E-state index in [0.717, 1.165) is 12.8 Å². The van der Waals surface area contributed by atoms with Gasteiger partial charge in [0.2, 0.25) is 5.91 Å². The highest BCUT2D eigenvalue weighted by atomic mass is 16.6. The molecule has 2 heterocycles. The Kier molecular flexibility index (Phi) is 4.39. The van der Waals surface area contributed by atoms with Crippen molar-refractivity contribution >= 4 is 17.5 Å². The van der Waals surface area contributed by atoms with Gasteiger partial charge in [0.25, 0.3) is 5.91 Å². The predicted molar refractivity (Wildman–Crippen MR) is 92.3 cm³/mol. The molecular formula is C19H21N3O4. The summed E-state index contributed by atoms with van der Waals surface area (Å²) in [5, 5.41) is 9.12. The van der Waals surface area contributed by atoms with Gasteiger partial charge in [-0.1, -0.05) is 6.07 Å². The third-order valence-corrected chi connectivity index (χ3v) is 5.12. The maximum atomic E-state index is 12.5. The average Bonchev–Trinajstić information content (AvgIpc) is 3.51. The molecule has 1 aromatic carbocycles. The number of nitrogens with zero attached hydrogens (tertiary/aromatic N) is 3. The van der Waals surface area contributed by atoms with Gasteiger partial charge in [0.15, 0.2) is 0 Å². The first kappa shape index (κ1) is 17.0. The van der Waals surface area contributed by atoms with Crippen LogP contribution in [0.4, 0.5) is 5.69 Å². The smallest absolute Gasteiger partial charge is 0.253 e. The number of anilines is 1. The summed E-state index contributed by atoms with van der Waals surface area (Å²) in [6.07, 6.45) is 1.91. The molecule has 2 saturated heterocycles. The third kappa shape index (κ3) is 3.30. The minimum absolute atomic E-state index is 0.0639. The maximum Gasteiger partial charge on any atom is 0.253 e. The van der Waals surface area contributed by atoms with Crippen LogP contribution in [0.2, 0.25) is 0 Å². The summed E-state index contributed by atoms with van der Waals surface area (Å²) < 4.78 is 11.6. The van der Waals surface area contributed by atoms with E-state index in [1.165, 1.54) is 0 Å². The summed E-state index contributed by atoms with van der Waals surface area (Å²) in [7, 11) is 0. The molecule has 3 aliphatic rings. The number of nitriles is 1. The third-order valence-electron chi connectivity index (χ3n) is 5.12. The topological polar surface area (TPSA) is 82.9 Å². The van der Waals surface area contributed by atoms with Crippen molar-refractivity contribution in [1.29, 1.82) is 5.26 Å². The first-order valence-electron chi connectivity index (χ1n) is 8.91. The Morgan fingerprint density at radius 2 is 2.15 bits per heavy atom. The van der Waals surface area contributed by atoms with Crippen molar-refractivity contribution in [3.8, 4) is 6.07 Å². The van der Waals surface area contributed by atoms with Crippen molar-refractivity contribution in [3.63, 3.8) is 0 Å². The molecule has 26 heavy (non-hydrogen) atoms. The van der Waals surface area contributed by atoms with Crippen molar-refractivity contribution in [2.24, 2.45) is 5.92 Å². The SMILES string of the molecule is N#Cc1cccc(N2C[C@]3(COCCN(C(=O)C4CC4)C3)OCC2=O)c1. The van der Waals surface area contributed by atoms with Crippen LogP contribution in [0.15, 0.2) is 24.3 Å². The van der Waals surface area contributed by atoms with Crippen molar-refractivity contribution in [3.05, 3.63) is 29.8 Å². The molecule has 0 unspecified atom stereocenters. The average molecular weight is 355 g/mol. The van der Waals surface area contributed by atoms with Gasteiger partial charge in [-0.05, 0) is 31.0 Å². The van der Waals surface area contributed by atoms with Crippen LogP contribution < -0.4 is 4.90 Å². The molecular weight excluding hydrogens is 334 g/mol. The molecule has 1 atom stereocenters. The minimum atomic E-state index is -0.738. The van der Waals surface area contributed by atoms with Gasteiger partial charge in [-0.2, -0.15) is 5.26 Å². The molecule has 0 aromatic heterocycles. The molecule has 4 rings (SSSR count). The number of amides is 2. The monoisotopic (exact) mass is 355 g/mol. The maximum absolute atomic E-state index is 12.5. The number of benzene rings is 1. The summed E-state index contributed by atoms with van der Waals surface area (Å²) in [6, 6.07) is 9.06. The highest BCUT2D eigenvalue weighted by Crippen LogP contribution is 2.33. The van der Waals surface area contributed by atoms with E-state index >= 15 is 0 Å². The highest BCUT2D eigenvalue weighted by Gasteiger charge is 2.45. The Balaban J connectivity index is 1.58. The van der Waals surface area contributed by atoms with E-state index in [9.17, 15) is 9.59 Å². The fourth-order valence-electron chi connectivity index (χ4n) is 3.56. The zero-order valence-corrected chi connectivity index (χ0v) is 14.5. The quantitative estimate of drug-likeness (QED) is 0.788. The molecule has 1 aromatic rings. The number of rotatable bonds is 2. The zero-order chi connectivity index (χ0) is 18.1. The van der Waals surface area contributed by atoms with Gasteiger partial charge in [0, 0.05) is 18.2 Å². The van der Waals surface area contributed by atoms with E-state index in [-0.39, 0.29) is 24.3 Å². The fraction of sp³-hybridized carbons (Fsp3) is 0.526. The molecule has 2 amide bonds. The number of ether oxygens (including phenoxy) is 2. The van der Waals surface area contributed by atoms with Crippen LogP contribution in [0.1, 0.15) is 18.4 Å². The zero-order valence-electron chi connectivity index (χ0n) is 14.5. The Hall–Kier alpha value is -2.43. The molecule has 0 radical (unpaired) electrons. The molecule has 7 heteroatoms. The second kappa shape index (κ2) is 6.71. The molecule has 0 N–H and O–H groups in total. The van der Waals surface area contributed by atoms with Crippen LogP contribution in [-0.2, 0) is 19.1 Å². The molecule has 136 valence electrons. The van der Waals surface area contributed by atoms with E-state index < -0.39 is 5.60 Å². The number of morpholine rings is 1. The van der Waals surface area contributed by atoms with Crippen LogP contribution in [-0.4, -0.2) is 61.8 Å². The van der Waals surface area contributed by atoms with Gasteiger partial charge in [0.1, 0.15) is 12.2 Å². The standard InChI is InChI=1S/C19H21N3O4/c20-9-14-2-1-3-16(8-14)22-12-19(26-10-17(22)23)11-21(6-7-25-13-19)18(24)15-4-5-15/h1-3,8,15H,4-7,10-13H2/t19-/m1/s1. The van der Waals surface area contributed by atoms with Gasteiger partial charge < -0.3 is 19.3 Å². The van der Waals surface area contributed by atoms with E-state index in [2.05, 4.69) is 6.07 Å². The van der Waals surface area contributed by atoms with E-state index in [0.29, 0.717) is 44.1 Å². The Bertz CT molecular complexity index is 770. The second-order valence-corrected chi connectivity index (χ2v) is 7.20. The van der Waals surface area contributed by atoms with Crippen LogP contribution in [0, 0.1) is 17.2 Å². The summed E-state index contributed by atoms with van der Waals surface area (Å²) in [6.45, 7) is 2.02. The van der Waals surface area contributed by atoms with Crippen molar-refractivity contribution in [1.82, 2.24) is 4.90 Å². The van der Waals surface area contributed by atoms with Crippen LogP contribution in [0.25, 0.3) is 0 Å². The molecule has 1 spiro atoms. The predicted octanol–water partition coefficient (Wildman–Crippen LogP) is 0.929. The van der Waals surface area contributed by atoms with E-state index in [1.54, 1.807) is 23.1 Å². The summed E-state index contributed by atoms with van der Waals surface area (Å²) >= 11 is 0. The van der Waals surface area contributed by atoms with Crippen molar-refractivity contribution in [2.45, 2.75) is 18.4 Å². The minimum Gasteiger partial charge on any atom is -0.376 e. The highest BCUT2D eigenvalue weighted by molar-refractivity contribution is 5.95. The molecule has 2 aliphatic heterocycles. The summed E-state index contributed by atoms with van der Waals surface area (Å²) in [4.78, 5) is 28.4. The number of carbonyl (C=O) groups is 2. The Morgan fingerprint density at radius 3 is 2.92 bits per heavy atom.